The number of carbonyl (C=O) groups is 1. The lowest BCUT2D eigenvalue weighted by Crippen LogP contribution is -2.36. The number of aryl methyl sites for hydroxylation is 1. The number of nitrogens with two attached hydrogens (primary N) is 1. The van der Waals surface area contributed by atoms with Gasteiger partial charge in [-0.15, -0.1) is 0 Å². The van der Waals surface area contributed by atoms with Gasteiger partial charge in [0.2, 0.25) is 0 Å². The lowest BCUT2D eigenvalue weighted by Gasteiger charge is -2.23. The zero-order chi connectivity index (χ0) is 13.8. The molecule has 0 radical (unpaired) electrons. The Bertz CT molecular complexity index is 445. The molecule has 2 N–H and O–H groups in total. The summed E-state index contributed by atoms with van der Waals surface area (Å²) in [6, 6.07) is 8.52. The first-order valence-electron chi connectivity index (χ1n) is 7.01. The summed E-state index contributed by atoms with van der Waals surface area (Å²) in [7, 11) is 0. The third-order valence-corrected chi connectivity index (χ3v) is 3.60. The molecule has 1 aliphatic heterocycles. The highest BCUT2D eigenvalue weighted by Gasteiger charge is 2.31. The highest BCUT2D eigenvalue weighted by molar-refractivity contribution is 5.95. The maximum absolute atomic E-state index is 12.4. The summed E-state index contributed by atoms with van der Waals surface area (Å²) < 4.78 is 0. The van der Waals surface area contributed by atoms with Gasteiger partial charge in [-0.2, -0.15) is 0 Å². The van der Waals surface area contributed by atoms with E-state index in [-0.39, 0.29) is 12.1 Å². The van der Waals surface area contributed by atoms with E-state index >= 15 is 0 Å². The maximum Gasteiger partial charge on any atom is 0.324 e. The summed E-state index contributed by atoms with van der Waals surface area (Å²) in [5.74, 6) is 0. The molecule has 1 saturated heterocycles. The van der Waals surface area contributed by atoms with Gasteiger partial charge in [0.05, 0.1) is 0 Å². The second-order valence-corrected chi connectivity index (χ2v) is 5.24. The number of benzene rings is 1. The summed E-state index contributed by atoms with van der Waals surface area (Å²) in [5.41, 5.74) is 7.84. The van der Waals surface area contributed by atoms with Crippen LogP contribution in [0.2, 0.25) is 0 Å². The van der Waals surface area contributed by atoms with Crippen LogP contribution in [0.25, 0.3) is 0 Å². The molecule has 0 bridgehead atoms. The van der Waals surface area contributed by atoms with Crippen LogP contribution in [0.1, 0.15) is 25.8 Å². The highest BCUT2D eigenvalue weighted by Crippen LogP contribution is 2.26. The zero-order valence-electron chi connectivity index (χ0n) is 11.8. The molecule has 19 heavy (non-hydrogen) atoms. The predicted molar refractivity (Wildman–Crippen MR) is 78.4 cm³/mol. The summed E-state index contributed by atoms with van der Waals surface area (Å²) in [6.07, 6.45) is 1.88. The molecule has 104 valence electrons. The minimum Gasteiger partial charge on any atom is -0.330 e. The van der Waals surface area contributed by atoms with Crippen molar-refractivity contribution in [2.75, 3.05) is 24.5 Å². The first kappa shape index (κ1) is 13.9. The van der Waals surface area contributed by atoms with Gasteiger partial charge in [-0.3, -0.25) is 4.90 Å². The van der Waals surface area contributed by atoms with E-state index in [2.05, 4.69) is 19.9 Å². The fourth-order valence-corrected chi connectivity index (χ4v) is 2.53. The number of para-hydroxylation sites is 1. The number of hydrogen-bond acceptors (Lipinski definition) is 2. The molecule has 2 amide bonds. The first-order valence-corrected chi connectivity index (χ1v) is 7.01. The summed E-state index contributed by atoms with van der Waals surface area (Å²) in [4.78, 5) is 16.2. The number of nitrogens with zero attached hydrogens (tertiary/aromatic N) is 2. The number of hydrogen-bond donors (Lipinski definition) is 1. The van der Waals surface area contributed by atoms with Crippen LogP contribution >= 0.6 is 0 Å². The number of carbonyl (C=O) groups excluding carboxylic acids is 1. The fourth-order valence-electron chi connectivity index (χ4n) is 2.53. The molecule has 0 spiro atoms. The molecule has 0 atom stereocenters. The zero-order valence-corrected chi connectivity index (χ0v) is 11.8. The summed E-state index contributed by atoms with van der Waals surface area (Å²) >= 11 is 0. The Balaban J connectivity index is 2.20. The van der Waals surface area contributed by atoms with Gasteiger partial charge in [0.25, 0.3) is 0 Å². The standard InChI is InChI=1S/C15H23N3O/c1-12(2)17-10-11-18(15(17)19)14-8-4-3-6-13(14)7-5-9-16/h3-4,6,8,12H,5,7,9-11,16H2,1-2H3. The van der Waals surface area contributed by atoms with Crippen LogP contribution in [0.4, 0.5) is 10.5 Å². The van der Waals surface area contributed by atoms with E-state index in [9.17, 15) is 4.79 Å². The minimum absolute atomic E-state index is 0.121. The average molecular weight is 261 g/mol. The van der Waals surface area contributed by atoms with E-state index in [0.717, 1.165) is 31.6 Å². The van der Waals surface area contributed by atoms with Crippen molar-refractivity contribution >= 4 is 11.7 Å². The Labute approximate surface area is 115 Å². The van der Waals surface area contributed by atoms with Crippen LogP contribution in [-0.2, 0) is 6.42 Å². The molecule has 1 aliphatic rings. The van der Waals surface area contributed by atoms with Gasteiger partial charge < -0.3 is 10.6 Å². The second kappa shape index (κ2) is 6.06. The van der Waals surface area contributed by atoms with Crippen molar-refractivity contribution in [2.24, 2.45) is 5.73 Å². The smallest absolute Gasteiger partial charge is 0.324 e. The molecule has 0 aromatic heterocycles. The normalized spacial score (nSPS) is 15.7. The van der Waals surface area contributed by atoms with E-state index in [1.165, 1.54) is 5.56 Å². The molecule has 1 fully saturated rings. The fraction of sp³-hybridized carbons (Fsp3) is 0.533. The first-order chi connectivity index (χ1) is 9.15. The Morgan fingerprint density at radius 1 is 1.26 bits per heavy atom. The number of urea groups is 1. The van der Waals surface area contributed by atoms with E-state index in [1.54, 1.807) is 0 Å². The maximum atomic E-state index is 12.4. The van der Waals surface area contributed by atoms with Gasteiger partial charge in [0.1, 0.15) is 0 Å². The summed E-state index contributed by atoms with van der Waals surface area (Å²) in [6.45, 7) is 6.38. The van der Waals surface area contributed by atoms with Crippen molar-refractivity contribution in [3.8, 4) is 0 Å². The highest BCUT2D eigenvalue weighted by atomic mass is 16.2. The van der Waals surface area contributed by atoms with Gasteiger partial charge in [-0.25, -0.2) is 4.79 Å². The molecule has 0 unspecified atom stereocenters. The Morgan fingerprint density at radius 2 is 2.00 bits per heavy atom. The monoisotopic (exact) mass is 261 g/mol. The van der Waals surface area contributed by atoms with Gasteiger partial charge in [0, 0.05) is 24.8 Å². The average Bonchev–Trinajstić information content (AvgIpc) is 2.78. The minimum atomic E-state index is 0.121. The second-order valence-electron chi connectivity index (χ2n) is 5.24. The Kier molecular flexibility index (Phi) is 4.43. The van der Waals surface area contributed by atoms with E-state index < -0.39 is 0 Å². The summed E-state index contributed by atoms with van der Waals surface area (Å²) in [5, 5.41) is 0. The van der Waals surface area contributed by atoms with Gasteiger partial charge >= 0.3 is 6.03 Å². The third kappa shape index (κ3) is 2.89. The van der Waals surface area contributed by atoms with Gasteiger partial charge in [0.15, 0.2) is 0 Å². The number of anilines is 1. The van der Waals surface area contributed by atoms with Crippen molar-refractivity contribution in [3.05, 3.63) is 29.8 Å². The molecule has 4 nitrogen and oxygen atoms in total. The number of rotatable bonds is 5. The van der Waals surface area contributed by atoms with Crippen molar-refractivity contribution in [2.45, 2.75) is 32.7 Å². The van der Waals surface area contributed by atoms with Crippen molar-refractivity contribution in [1.82, 2.24) is 4.90 Å². The molecule has 0 saturated carbocycles. The molecular weight excluding hydrogens is 238 g/mol. The Morgan fingerprint density at radius 3 is 2.63 bits per heavy atom. The molecule has 1 aromatic rings. The quantitative estimate of drug-likeness (QED) is 0.883. The molecule has 4 heteroatoms. The van der Waals surface area contributed by atoms with Crippen LogP contribution in [0.3, 0.4) is 0 Å². The predicted octanol–water partition coefficient (Wildman–Crippen LogP) is 2.23. The van der Waals surface area contributed by atoms with Crippen molar-refractivity contribution in [3.63, 3.8) is 0 Å². The van der Waals surface area contributed by atoms with Crippen LogP contribution < -0.4 is 10.6 Å². The van der Waals surface area contributed by atoms with Gasteiger partial charge in [-0.1, -0.05) is 18.2 Å². The lowest BCUT2D eigenvalue weighted by molar-refractivity contribution is 0.209. The Hall–Kier alpha value is -1.55. The third-order valence-electron chi connectivity index (χ3n) is 3.60. The molecular formula is C15H23N3O. The SMILES string of the molecule is CC(C)N1CCN(c2ccccc2CCCN)C1=O. The molecule has 1 aromatic carbocycles. The van der Waals surface area contributed by atoms with Crippen LogP contribution in [-0.4, -0.2) is 36.6 Å². The molecule has 0 aliphatic carbocycles. The van der Waals surface area contributed by atoms with Crippen molar-refractivity contribution < 1.29 is 4.79 Å². The van der Waals surface area contributed by atoms with E-state index in [0.29, 0.717) is 6.54 Å². The van der Waals surface area contributed by atoms with Crippen LogP contribution in [0.5, 0.6) is 0 Å². The largest absolute Gasteiger partial charge is 0.330 e. The van der Waals surface area contributed by atoms with Crippen LogP contribution in [0.15, 0.2) is 24.3 Å². The topological polar surface area (TPSA) is 49.6 Å². The van der Waals surface area contributed by atoms with Crippen molar-refractivity contribution in [1.29, 1.82) is 0 Å². The van der Waals surface area contributed by atoms with E-state index in [1.807, 2.05) is 28.0 Å². The van der Waals surface area contributed by atoms with Gasteiger partial charge in [-0.05, 0) is 44.9 Å². The number of amides is 2. The molecule has 2 rings (SSSR count). The lowest BCUT2D eigenvalue weighted by atomic mass is 10.1. The van der Waals surface area contributed by atoms with Crippen LogP contribution in [0, 0.1) is 0 Å². The van der Waals surface area contributed by atoms with E-state index in [4.69, 9.17) is 5.73 Å². The molecule has 1 heterocycles.